The van der Waals surface area contributed by atoms with E-state index in [0.717, 1.165) is 13.3 Å². The number of carbonyl (C=O) groups is 2. The van der Waals surface area contributed by atoms with E-state index < -0.39 is 17.5 Å². The highest BCUT2D eigenvalue weighted by Gasteiger charge is 2.43. The first-order chi connectivity index (χ1) is 11.3. The molecule has 3 N–H and O–H groups in total. The summed E-state index contributed by atoms with van der Waals surface area (Å²) in [5.41, 5.74) is -0.190. The summed E-state index contributed by atoms with van der Waals surface area (Å²) in [5.74, 6) is -0.966. The molecule has 0 saturated carbocycles. The number of aliphatic carboxylic acids is 1. The van der Waals surface area contributed by atoms with Crippen molar-refractivity contribution in [1.29, 1.82) is 0 Å². The molecule has 1 aromatic heterocycles. The maximum absolute atomic E-state index is 12.4. The van der Waals surface area contributed by atoms with Crippen LogP contribution in [0.2, 0.25) is 0 Å². The van der Waals surface area contributed by atoms with Gasteiger partial charge in [0.15, 0.2) is 0 Å². The monoisotopic (exact) mass is 341 g/mol. The van der Waals surface area contributed by atoms with Crippen molar-refractivity contribution in [2.24, 2.45) is 12.5 Å². The number of carbonyl (C=O) groups excluding carboxylic acids is 1. The van der Waals surface area contributed by atoms with Crippen LogP contribution in [-0.4, -0.2) is 67.7 Å². The highest BCUT2D eigenvalue weighted by Crippen LogP contribution is 2.35. The van der Waals surface area contributed by atoms with Crippen LogP contribution in [0, 0.1) is 5.41 Å². The maximum Gasteiger partial charge on any atom is 0.300 e. The summed E-state index contributed by atoms with van der Waals surface area (Å²) in [7, 11) is 1.77. The van der Waals surface area contributed by atoms with Gasteiger partial charge in [0.1, 0.15) is 5.69 Å². The number of likely N-dealkylation sites (tertiary alicyclic amines) is 1. The molecule has 2 atom stereocenters. The topological polar surface area (TPSA) is 116 Å². The van der Waals surface area contributed by atoms with Crippen LogP contribution in [-0.2, 0) is 11.8 Å². The van der Waals surface area contributed by atoms with Crippen molar-refractivity contribution in [3.63, 3.8) is 0 Å². The van der Waals surface area contributed by atoms with Crippen LogP contribution >= 0.6 is 0 Å². The summed E-state index contributed by atoms with van der Waals surface area (Å²) in [6.45, 7) is 3.88. The Bertz CT molecular complexity index is 556. The fourth-order valence-corrected chi connectivity index (χ4v) is 2.99. The molecule has 0 aromatic carbocycles. The lowest BCUT2D eigenvalue weighted by Crippen LogP contribution is -2.55. The minimum atomic E-state index is -0.833. The first kappa shape index (κ1) is 20.1. The van der Waals surface area contributed by atoms with E-state index in [4.69, 9.17) is 9.90 Å². The van der Waals surface area contributed by atoms with Gasteiger partial charge in [0, 0.05) is 38.7 Å². The van der Waals surface area contributed by atoms with E-state index >= 15 is 0 Å². The predicted molar refractivity (Wildman–Crippen MR) is 87.5 cm³/mol. The standard InChI is InChI=1S/C14H23N3O3.C2H4O2/c1-3-6-14(10-18)9-17(8-5-12(14)19)13(20)11-4-7-16(2)15-11;1-2(3)4/h4,7,12,18-19H,3,5-6,8-10H2,1-2H3;1H3,(H,3,4)/t12-,14+;/m1./s1. The lowest BCUT2D eigenvalue weighted by molar-refractivity contribution is -0.134. The summed E-state index contributed by atoms with van der Waals surface area (Å²) in [6, 6.07) is 1.69. The summed E-state index contributed by atoms with van der Waals surface area (Å²) in [6.07, 6.45) is 3.25. The van der Waals surface area contributed by atoms with E-state index in [1.54, 1.807) is 28.9 Å². The van der Waals surface area contributed by atoms with Crippen LogP contribution in [0.1, 0.15) is 43.6 Å². The van der Waals surface area contributed by atoms with Gasteiger partial charge in [0.25, 0.3) is 11.9 Å². The number of carboxylic acids is 1. The Morgan fingerprint density at radius 2 is 2.08 bits per heavy atom. The molecule has 24 heavy (non-hydrogen) atoms. The van der Waals surface area contributed by atoms with Gasteiger partial charge in [-0.3, -0.25) is 14.3 Å². The first-order valence-corrected chi connectivity index (χ1v) is 8.03. The Morgan fingerprint density at radius 1 is 1.46 bits per heavy atom. The van der Waals surface area contributed by atoms with Gasteiger partial charge in [-0.15, -0.1) is 0 Å². The summed E-state index contributed by atoms with van der Waals surface area (Å²) in [4.78, 5) is 23.1. The Kier molecular flexibility index (Phi) is 7.37. The fourth-order valence-electron chi connectivity index (χ4n) is 2.99. The summed E-state index contributed by atoms with van der Waals surface area (Å²) < 4.78 is 1.59. The molecule has 2 heterocycles. The van der Waals surface area contributed by atoms with Gasteiger partial charge < -0.3 is 20.2 Å². The number of hydrogen-bond acceptors (Lipinski definition) is 5. The highest BCUT2D eigenvalue weighted by atomic mass is 16.4. The molecule has 0 spiro atoms. The van der Waals surface area contributed by atoms with Crippen LogP contribution < -0.4 is 0 Å². The largest absolute Gasteiger partial charge is 0.481 e. The van der Waals surface area contributed by atoms with Crippen molar-refractivity contribution in [1.82, 2.24) is 14.7 Å². The number of aromatic nitrogens is 2. The van der Waals surface area contributed by atoms with E-state index in [9.17, 15) is 15.0 Å². The molecule has 1 aliphatic rings. The Hall–Kier alpha value is -1.93. The zero-order valence-electron chi connectivity index (χ0n) is 14.5. The average Bonchev–Trinajstić information content (AvgIpc) is 2.95. The van der Waals surface area contributed by atoms with Crippen LogP contribution in [0.4, 0.5) is 0 Å². The van der Waals surface area contributed by atoms with E-state index in [-0.39, 0.29) is 12.5 Å². The zero-order valence-corrected chi connectivity index (χ0v) is 14.5. The number of aliphatic hydroxyl groups excluding tert-OH is 2. The van der Waals surface area contributed by atoms with E-state index in [1.165, 1.54) is 0 Å². The normalized spacial score (nSPS) is 23.4. The number of piperidine rings is 1. The molecule has 1 aromatic rings. The molecule has 1 saturated heterocycles. The Labute approximate surface area is 141 Å². The van der Waals surface area contributed by atoms with Crippen LogP contribution in [0.25, 0.3) is 0 Å². The van der Waals surface area contributed by atoms with Crippen molar-refractivity contribution in [2.45, 2.75) is 39.2 Å². The molecule has 1 aliphatic heterocycles. The molecule has 2 rings (SSSR count). The number of nitrogens with zero attached hydrogens (tertiary/aromatic N) is 3. The molecule has 0 radical (unpaired) electrons. The molecular weight excluding hydrogens is 314 g/mol. The van der Waals surface area contributed by atoms with E-state index in [0.29, 0.717) is 31.6 Å². The molecule has 8 heteroatoms. The van der Waals surface area contributed by atoms with Crippen LogP contribution in [0.5, 0.6) is 0 Å². The molecule has 0 unspecified atom stereocenters. The van der Waals surface area contributed by atoms with Crippen molar-refractivity contribution in [3.8, 4) is 0 Å². The van der Waals surface area contributed by atoms with Crippen LogP contribution in [0.3, 0.4) is 0 Å². The molecular formula is C16H27N3O5. The molecule has 1 amide bonds. The fraction of sp³-hybridized carbons (Fsp3) is 0.688. The third-order valence-corrected chi connectivity index (χ3v) is 4.17. The second-order valence-electron chi connectivity index (χ2n) is 6.20. The molecule has 8 nitrogen and oxygen atoms in total. The average molecular weight is 341 g/mol. The van der Waals surface area contributed by atoms with Crippen molar-refractivity contribution < 1.29 is 24.9 Å². The smallest absolute Gasteiger partial charge is 0.300 e. The molecule has 0 bridgehead atoms. The van der Waals surface area contributed by atoms with E-state index in [1.807, 2.05) is 6.92 Å². The van der Waals surface area contributed by atoms with Gasteiger partial charge in [-0.1, -0.05) is 13.3 Å². The first-order valence-electron chi connectivity index (χ1n) is 8.03. The maximum atomic E-state index is 12.4. The minimum absolute atomic E-state index is 0.103. The van der Waals surface area contributed by atoms with Crippen LogP contribution in [0.15, 0.2) is 12.3 Å². The number of aliphatic hydroxyl groups is 2. The second-order valence-corrected chi connectivity index (χ2v) is 6.20. The zero-order chi connectivity index (χ0) is 18.3. The van der Waals surface area contributed by atoms with Crippen molar-refractivity contribution >= 4 is 11.9 Å². The number of rotatable bonds is 4. The van der Waals surface area contributed by atoms with Gasteiger partial charge in [-0.2, -0.15) is 5.10 Å². The third kappa shape index (κ3) is 5.04. The van der Waals surface area contributed by atoms with Crippen molar-refractivity contribution in [3.05, 3.63) is 18.0 Å². The SMILES string of the molecule is CC(=O)O.CCC[C@@]1(CO)CN(C(=O)c2ccn(C)n2)CC[C@H]1O. The number of carboxylic acid groups (broad SMARTS) is 1. The number of amides is 1. The molecule has 136 valence electrons. The molecule has 0 aliphatic carbocycles. The van der Waals surface area contributed by atoms with Gasteiger partial charge in [0.05, 0.1) is 12.7 Å². The van der Waals surface area contributed by atoms with Crippen molar-refractivity contribution in [2.75, 3.05) is 19.7 Å². The van der Waals surface area contributed by atoms with E-state index in [2.05, 4.69) is 5.10 Å². The second kappa shape index (κ2) is 8.79. The van der Waals surface area contributed by atoms with Gasteiger partial charge in [-0.25, -0.2) is 0 Å². The minimum Gasteiger partial charge on any atom is -0.481 e. The van der Waals surface area contributed by atoms with Gasteiger partial charge >= 0.3 is 0 Å². The predicted octanol–water partition coefficient (Wildman–Crippen LogP) is 0.497. The molecule has 1 fully saturated rings. The third-order valence-electron chi connectivity index (χ3n) is 4.17. The lowest BCUT2D eigenvalue weighted by Gasteiger charge is -2.45. The Morgan fingerprint density at radius 3 is 2.54 bits per heavy atom. The quantitative estimate of drug-likeness (QED) is 0.734. The van der Waals surface area contributed by atoms with Gasteiger partial charge in [0.2, 0.25) is 0 Å². The summed E-state index contributed by atoms with van der Waals surface area (Å²) >= 11 is 0. The summed E-state index contributed by atoms with van der Waals surface area (Å²) in [5, 5.41) is 31.4. The van der Waals surface area contributed by atoms with Gasteiger partial charge in [-0.05, 0) is 18.9 Å². The highest BCUT2D eigenvalue weighted by molar-refractivity contribution is 5.92. The Balaban J connectivity index is 0.000000648. The number of aryl methyl sites for hydroxylation is 1. The number of hydrogen-bond donors (Lipinski definition) is 3. The lowest BCUT2D eigenvalue weighted by atomic mass is 9.74.